The lowest BCUT2D eigenvalue weighted by Crippen LogP contribution is -2.02. The van der Waals surface area contributed by atoms with E-state index in [0.717, 1.165) is 10.6 Å². The first-order valence-corrected chi connectivity index (χ1v) is 3.09. The number of hydrogen-bond donors (Lipinski definition) is 2. The molecule has 1 N–H and O–H groups in total. The van der Waals surface area contributed by atoms with E-state index in [-0.39, 0.29) is 0 Å². The van der Waals surface area contributed by atoms with Gasteiger partial charge in [-0.3, -0.25) is 0 Å². The van der Waals surface area contributed by atoms with E-state index in [4.69, 9.17) is 0 Å². The Morgan fingerprint density at radius 3 is 2.33 bits per heavy atom. The number of allylic oxidation sites excluding steroid dienone is 1. The Labute approximate surface area is 61.6 Å². The fourth-order valence-electron chi connectivity index (χ4n) is 0.443. The first-order valence-electron chi connectivity index (χ1n) is 2.64. The standard InChI is InChI=1S/C7H11NS/c1-4-7(6(3)9)8-5-2/h4-5,8-9H,2-3H2,1H3/b7-4-. The molecule has 0 heterocycles. The zero-order valence-electron chi connectivity index (χ0n) is 5.52. The van der Waals surface area contributed by atoms with E-state index in [1.54, 1.807) is 6.20 Å². The SMILES string of the molecule is C=CN/C(=C\C)C(=C)S. The van der Waals surface area contributed by atoms with Crippen molar-refractivity contribution >= 4 is 12.6 Å². The summed E-state index contributed by atoms with van der Waals surface area (Å²) in [6.45, 7) is 9.04. The van der Waals surface area contributed by atoms with Crippen molar-refractivity contribution < 1.29 is 0 Å². The van der Waals surface area contributed by atoms with Crippen molar-refractivity contribution in [3.63, 3.8) is 0 Å². The highest BCUT2D eigenvalue weighted by atomic mass is 32.1. The molecular formula is C7H11NS. The third-order valence-electron chi connectivity index (χ3n) is 0.857. The van der Waals surface area contributed by atoms with Crippen molar-refractivity contribution in [3.05, 3.63) is 36.0 Å². The average Bonchev–Trinajstić information content (AvgIpc) is 1.82. The second kappa shape index (κ2) is 4.27. The van der Waals surface area contributed by atoms with Gasteiger partial charge in [0.25, 0.3) is 0 Å². The largest absolute Gasteiger partial charge is 0.362 e. The Kier molecular flexibility index (Phi) is 3.97. The normalized spacial score (nSPS) is 10.7. The van der Waals surface area contributed by atoms with E-state index in [1.165, 1.54) is 0 Å². The Morgan fingerprint density at radius 2 is 2.22 bits per heavy atom. The highest BCUT2D eigenvalue weighted by Gasteiger charge is 1.89. The fraction of sp³-hybridized carbons (Fsp3) is 0.143. The Morgan fingerprint density at radius 1 is 1.67 bits per heavy atom. The van der Waals surface area contributed by atoms with Crippen LogP contribution in [0.25, 0.3) is 0 Å². The van der Waals surface area contributed by atoms with Crippen LogP contribution in [0.1, 0.15) is 6.92 Å². The first kappa shape index (κ1) is 8.37. The molecule has 0 saturated carbocycles. The van der Waals surface area contributed by atoms with Crippen molar-refractivity contribution in [1.29, 1.82) is 0 Å². The van der Waals surface area contributed by atoms with Crippen molar-refractivity contribution in [1.82, 2.24) is 5.32 Å². The molecule has 0 atom stereocenters. The molecule has 0 unspecified atom stereocenters. The molecule has 0 spiro atoms. The molecule has 0 aliphatic heterocycles. The Balaban J connectivity index is 4.00. The van der Waals surface area contributed by atoms with E-state index < -0.39 is 0 Å². The van der Waals surface area contributed by atoms with Gasteiger partial charge in [-0.25, -0.2) is 0 Å². The Hall–Kier alpha value is -0.630. The van der Waals surface area contributed by atoms with Gasteiger partial charge in [0, 0.05) is 10.6 Å². The molecule has 0 rings (SSSR count). The summed E-state index contributed by atoms with van der Waals surface area (Å²) in [5.41, 5.74) is 0.897. The molecule has 50 valence electrons. The summed E-state index contributed by atoms with van der Waals surface area (Å²) >= 11 is 4.03. The molecule has 0 aliphatic rings. The van der Waals surface area contributed by atoms with Gasteiger partial charge in [0.1, 0.15) is 0 Å². The van der Waals surface area contributed by atoms with Gasteiger partial charge in [-0.2, -0.15) is 0 Å². The lowest BCUT2D eigenvalue weighted by Gasteiger charge is -2.02. The summed E-state index contributed by atoms with van der Waals surface area (Å²) in [7, 11) is 0. The van der Waals surface area contributed by atoms with Crippen LogP contribution < -0.4 is 5.32 Å². The highest BCUT2D eigenvalue weighted by Crippen LogP contribution is 2.06. The van der Waals surface area contributed by atoms with Crippen LogP contribution in [0.4, 0.5) is 0 Å². The minimum atomic E-state index is 0.720. The predicted octanol–water partition coefficient (Wildman–Crippen LogP) is 2.07. The van der Waals surface area contributed by atoms with E-state index in [2.05, 4.69) is 31.1 Å². The topological polar surface area (TPSA) is 12.0 Å². The van der Waals surface area contributed by atoms with E-state index in [1.807, 2.05) is 13.0 Å². The summed E-state index contributed by atoms with van der Waals surface area (Å²) in [5, 5.41) is 2.88. The minimum absolute atomic E-state index is 0.720. The maximum absolute atomic E-state index is 4.03. The Bertz CT molecular complexity index is 147. The number of rotatable bonds is 3. The van der Waals surface area contributed by atoms with Gasteiger partial charge in [0.05, 0.1) is 0 Å². The molecule has 0 aliphatic carbocycles. The van der Waals surface area contributed by atoms with Crippen LogP contribution >= 0.6 is 12.6 Å². The second-order valence-electron chi connectivity index (χ2n) is 1.50. The fourth-order valence-corrected chi connectivity index (χ4v) is 0.637. The monoisotopic (exact) mass is 141 g/mol. The summed E-state index contributed by atoms with van der Waals surface area (Å²) in [6.07, 6.45) is 3.48. The summed E-state index contributed by atoms with van der Waals surface area (Å²) in [5.74, 6) is 0. The maximum atomic E-state index is 4.03. The van der Waals surface area contributed by atoms with Gasteiger partial charge in [0.15, 0.2) is 0 Å². The molecule has 0 amide bonds. The van der Waals surface area contributed by atoms with Crippen LogP contribution in [0.3, 0.4) is 0 Å². The molecule has 0 saturated heterocycles. The average molecular weight is 141 g/mol. The van der Waals surface area contributed by atoms with E-state index >= 15 is 0 Å². The van der Waals surface area contributed by atoms with Crippen molar-refractivity contribution in [2.75, 3.05) is 0 Å². The van der Waals surface area contributed by atoms with E-state index in [0.29, 0.717) is 0 Å². The molecule has 0 radical (unpaired) electrons. The summed E-state index contributed by atoms with van der Waals surface area (Å²) in [4.78, 5) is 0.720. The lowest BCUT2D eigenvalue weighted by molar-refractivity contribution is 1.10. The van der Waals surface area contributed by atoms with Gasteiger partial charge in [-0.1, -0.05) is 19.2 Å². The van der Waals surface area contributed by atoms with Gasteiger partial charge < -0.3 is 5.32 Å². The first-order chi connectivity index (χ1) is 4.22. The lowest BCUT2D eigenvalue weighted by atomic mass is 10.4. The summed E-state index contributed by atoms with van der Waals surface area (Å²) in [6, 6.07) is 0. The molecule has 2 heteroatoms. The smallest absolute Gasteiger partial charge is 0.0465 e. The molecule has 0 bridgehead atoms. The molecule has 0 fully saturated rings. The highest BCUT2D eigenvalue weighted by molar-refractivity contribution is 7.84. The third-order valence-corrected chi connectivity index (χ3v) is 1.10. The quantitative estimate of drug-likeness (QED) is 0.453. The molecule has 1 nitrogen and oxygen atoms in total. The van der Waals surface area contributed by atoms with Crippen LogP contribution in [-0.2, 0) is 0 Å². The zero-order chi connectivity index (χ0) is 7.28. The summed E-state index contributed by atoms with van der Waals surface area (Å²) < 4.78 is 0. The van der Waals surface area contributed by atoms with Crippen LogP contribution in [0.2, 0.25) is 0 Å². The molecule has 0 aromatic carbocycles. The molecule has 0 aromatic heterocycles. The minimum Gasteiger partial charge on any atom is -0.362 e. The predicted molar refractivity (Wildman–Crippen MR) is 45.2 cm³/mol. The van der Waals surface area contributed by atoms with Crippen LogP contribution in [-0.4, -0.2) is 0 Å². The maximum Gasteiger partial charge on any atom is 0.0465 e. The van der Waals surface area contributed by atoms with Gasteiger partial charge in [0.2, 0.25) is 0 Å². The molecule has 0 aromatic rings. The van der Waals surface area contributed by atoms with Crippen LogP contribution in [0.5, 0.6) is 0 Å². The van der Waals surface area contributed by atoms with Crippen LogP contribution in [0, 0.1) is 0 Å². The van der Waals surface area contributed by atoms with Gasteiger partial charge >= 0.3 is 0 Å². The second-order valence-corrected chi connectivity index (χ2v) is 2.04. The van der Waals surface area contributed by atoms with Crippen molar-refractivity contribution in [2.24, 2.45) is 0 Å². The molecular weight excluding hydrogens is 130 g/mol. The van der Waals surface area contributed by atoms with Crippen LogP contribution in [0.15, 0.2) is 36.0 Å². The number of hydrogen-bond acceptors (Lipinski definition) is 2. The number of nitrogens with one attached hydrogen (secondary N) is 1. The number of thiol groups is 1. The zero-order valence-corrected chi connectivity index (χ0v) is 6.41. The molecule has 9 heavy (non-hydrogen) atoms. The van der Waals surface area contributed by atoms with Crippen molar-refractivity contribution in [2.45, 2.75) is 6.92 Å². The van der Waals surface area contributed by atoms with Gasteiger partial charge in [-0.05, 0) is 13.1 Å². The van der Waals surface area contributed by atoms with Crippen molar-refractivity contribution in [3.8, 4) is 0 Å². The van der Waals surface area contributed by atoms with Gasteiger partial charge in [-0.15, -0.1) is 12.6 Å². The third kappa shape index (κ3) is 3.03. The van der Waals surface area contributed by atoms with E-state index in [9.17, 15) is 0 Å².